The predicted molar refractivity (Wildman–Crippen MR) is 76.9 cm³/mol. The van der Waals surface area contributed by atoms with Crippen molar-refractivity contribution >= 4 is 5.91 Å². The van der Waals surface area contributed by atoms with Gasteiger partial charge in [-0.2, -0.15) is 0 Å². The van der Waals surface area contributed by atoms with Gasteiger partial charge < -0.3 is 11.1 Å². The number of amides is 1. The lowest BCUT2D eigenvalue weighted by molar-refractivity contribution is -0.122. The summed E-state index contributed by atoms with van der Waals surface area (Å²) in [5.41, 5.74) is 5.24. The molecule has 0 rings (SSSR count). The molecule has 0 fully saturated rings. The van der Waals surface area contributed by atoms with Crippen molar-refractivity contribution < 1.29 is 4.79 Å². The van der Waals surface area contributed by atoms with Crippen LogP contribution in [0.15, 0.2) is 0 Å². The van der Waals surface area contributed by atoms with Gasteiger partial charge in [0.1, 0.15) is 0 Å². The van der Waals surface area contributed by atoms with E-state index in [2.05, 4.69) is 32.0 Å². The van der Waals surface area contributed by atoms with Crippen LogP contribution in [-0.4, -0.2) is 18.0 Å². The Bertz CT molecular complexity index is 307. The van der Waals surface area contributed by atoms with E-state index in [1.165, 1.54) is 0 Å². The van der Waals surface area contributed by atoms with Gasteiger partial charge in [-0.05, 0) is 44.6 Å². The molecule has 0 aromatic rings. The smallest absolute Gasteiger partial charge is 0.221 e. The van der Waals surface area contributed by atoms with Crippen molar-refractivity contribution in [3.05, 3.63) is 0 Å². The first-order chi connectivity index (χ1) is 8.12. The van der Waals surface area contributed by atoms with Crippen molar-refractivity contribution in [3.8, 4) is 12.3 Å². The van der Waals surface area contributed by atoms with E-state index in [4.69, 9.17) is 12.2 Å². The molecule has 104 valence electrons. The number of carbonyl (C=O) groups is 1. The summed E-state index contributed by atoms with van der Waals surface area (Å²) >= 11 is 0. The number of carbonyl (C=O) groups excluding carboxylic acids is 1. The van der Waals surface area contributed by atoms with Gasteiger partial charge in [0.05, 0.1) is 5.54 Å². The van der Waals surface area contributed by atoms with Crippen molar-refractivity contribution in [1.82, 2.24) is 5.32 Å². The van der Waals surface area contributed by atoms with Gasteiger partial charge in [0, 0.05) is 6.42 Å². The molecule has 0 saturated carbocycles. The van der Waals surface area contributed by atoms with Crippen LogP contribution < -0.4 is 11.1 Å². The molecule has 0 radical (unpaired) electrons. The summed E-state index contributed by atoms with van der Waals surface area (Å²) < 4.78 is 0. The summed E-state index contributed by atoms with van der Waals surface area (Å²) in [4.78, 5) is 11.8. The SMILES string of the molecule is C#CC(C)(C)NC(=O)CCC(CCN)C(C)(C)C. The minimum absolute atomic E-state index is 0.0178. The second-order valence-electron chi connectivity index (χ2n) is 6.50. The highest BCUT2D eigenvalue weighted by atomic mass is 16.1. The molecule has 3 nitrogen and oxygen atoms in total. The minimum Gasteiger partial charge on any atom is -0.340 e. The molecule has 3 N–H and O–H groups in total. The van der Waals surface area contributed by atoms with E-state index >= 15 is 0 Å². The second kappa shape index (κ2) is 6.80. The Kier molecular flexibility index (Phi) is 6.42. The van der Waals surface area contributed by atoms with Gasteiger partial charge in [-0.25, -0.2) is 0 Å². The lowest BCUT2D eigenvalue weighted by Crippen LogP contribution is -2.42. The number of nitrogens with two attached hydrogens (primary N) is 1. The summed E-state index contributed by atoms with van der Waals surface area (Å²) in [6.07, 6.45) is 7.66. The number of nitrogens with one attached hydrogen (secondary N) is 1. The van der Waals surface area contributed by atoms with Crippen molar-refractivity contribution in [3.63, 3.8) is 0 Å². The molecule has 0 aliphatic heterocycles. The molecular weight excluding hydrogens is 224 g/mol. The first-order valence-corrected chi connectivity index (χ1v) is 6.61. The molecule has 0 aliphatic rings. The number of terminal acetylenes is 1. The monoisotopic (exact) mass is 252 g/mol. The normalized spacial score (nSPS) is 13.8. The van der Waals surface area contributed by atoms with E-state index in [1.807, 2.05) is 13.8 Å². The molecule has 0 aromatic carbocycles. The molecule has 3 heteroatoms. The molecule has 0 saturated heterocycles. The standard InChI is InChI=1S/C15H28N2O/c1-7-15(5,6)17-13(18)9-8-12(10-11-16)14(2,3)4/h1,12H,8-11,16H2,2-6H3,(H,17,18). The fourth-order valence-corrected chi connectivity index (χ4v) is 1.96. The van der Waals surface area contributed by atoms with Crippen molar-refractivity contribution in [2.75, 3.05) is 6.54 Å². The summed E-state index contributed by atoms with van der Waals surface area (Å²) in [6.45, 7) is 10.9. The zero-order valence-electron chi connectivity index (χ0n) is 12.5. The van der Waals surface area contributed by atoms with Crippen LogP contribution in [0.4, 0.5) is 0 Å². The van der Waals surface area contributed by atoms with Crippen LogP contribution in [-0.2, 0) is 4.79 Å². The Morgan fingerprint density at radius 3 is 2.22 bits per heavy atom. The number of rotatable bonds is 6. The fourth-order valence-electron chi connectivity index (χ4n) is 1.96. The Hall–Kier alpha value is -1.01. The molecule has 1 amide bonds. The highest BCUT2D eigenvalue weighted by molar-refractivity contribution is 5.77. The van der Waals surface area contributed by atoms with E-state index in [9.17, 15) is 4.79 Å². The highest BCUT2D eigenvalue weighted by Crippen LogP contribution is 2.32. The third-order valence-electron chi connectivity index (χ3n) is 3.27. The molecule has 0 bridgehead atoms. The van der Waals surface area contributed by atoms with E-state index in [0.29, 0.717) is 18.9 Å². The van der Waals surface area contributed by atoms with Crippen molar-refractivity contribution in [1.29, 1.82) is 0 Å². The largest absolute Gasteiger partial charge is 0.340 e. The van der Waals surface area contributed by atoms with Gasteiger partial charge in [-0.15, -0.1) is 6.42 Å². The van der Waals surface area contributed by atoms with Gasteiger partial charge in [0.2, 0.25) is 5.91 Å². The Labute approximate surface area is 112 Å². The van der Waals surface area contributed by atoms with Crippen LogP contribution in [0.2, 0.25) is 0 Å². The van der Waals surface area contributed by atoms with E-state index < -0.39 is 5.54 Å². The van der Waals surface area contributed by atoms with Gasteiger partial charge in [-0.3, -0.25) is 4.79 Å². The number of hydrogen-bond acceptors (Lipinski definition) is 2. The maximum atomic E-state index is 11.8. The quantitative estimate of drug-likeness (QED) is 0.713. The van der Waals surface area contributed by atoms with Crippen molar-refractivity contribution in [2.45, 2.75) is 59.4 Å². The Morgan fingerprint density at radius 2 is 1.83 bits per heavy atom. The Morgan fingerprint density at radius 1 is 1.28 bits per heavy atom. The highest BCUT2D eigenvalue weighted by Gasteiger charge is 2.25. The molecule has 0 heterocycles. The predicted octanol–water partition coefficient (Wildman–Crippen LogP) is 2.31. The van der Waals surface area contributed by atoms with E-state index in [1.54, 1.807) is 0 Å². The van der Waals surface area contributed by atoms with Crippen LogP contribution in [0.3, 0.4) is 0 Å². The summed E-state index contributed by atoms with van der Waals surface area (Å²) in [5, 5.41) is 2.85. The van der Waals surface area contributed by atoms with Gasteiger partial charge in [0.15, 0.2) is 0 Å². The molecule has 0 spiro atoms. The molecule has 1 atom stereocenters. The van der Waals surface area contributed by atoms with Crippen LogP contribution in [0.5, 0.6) is 0 Å². The second-order valence-corrected chi connectivity index (χ2v) is 6.50. The van der Waals surface area contributed by atoms with E-state index in [-0.39, 0.29) is 11.3 Å². The topological polar surface area (TPSA) is 55.1 Å². The Balaban J connectivity index is 4.30. The summed E-state index contributed by atoms with van der Waals surface area (Å²) in [6, 6.07) is 0. The lowest BCUT2D eigenvalue weighted by atomic mass is 9.76. The van der Waals surface area contributed by atoms with Crippen LogP contribution in [0, 0.1) is 23.7 Å². The zero-order valence-corrected chi connectivity index (χ0v) is 12.5. The van der Waals surface area contributed by atoms with Gasteiger partial charge in [0.25, 0.3) is 0 Å². The molecule has 0 aromatic heterocycles. The van der Waals surface area contributed by atoms with Gasteiger partial charge in [-0.1, -0.05) is 26.7 Å². The van der Waals surface area contributed by atoms with Crippen LogP contribution in [0.1, 0.15) is 53.9 Å². The molecular formula is C15H28N2O. The van der Waals surface area contributed by atoms with E-state index in [0.717, 1.165) is 12.8 Å². The zero-order chi connectivity index (χ0) is 14.4. The maximum absolute atomic E-state index is 11.8. The number of hydrogen-bond donors (Lipinski definition) is 2. The first kappa shape index (κ1) is 17.0. The molecule has 0 aliphatic carbocycles. The molecule has 18 heavy (non-hydrogen) atoms. The third kappa shape index (κ3) is 6.66. The summed E-state index contributed by atoms with van der Waals surface area (Å²) in [5.74, 6) is 3.04. The average molecular weight is 252 g/mol. The van der Waals surface area contributed by atoms with Crippen LogP contribution in [0.25, 0.3) is 0 Å². The van der Waals surface area contributed by atoms with Crippen molar-refractivity contribution in [2.24, 2.45) is 17.1 Å². The average Bonchev–Trinajstić information content (AvgIpc) is 2.22. The maximum Gasteiger partial charge on any atom is 0.221 e. The lowest BCUT2D eigenvalue weighted by Gasteiger charge is -2.30. The first-order valence-electron chi connectivity index (χ1n) is 6.61. The third-order valence-corrected chi connectivity index (χ3v) is 3.27. The molecule has 1 unspecified atom stereocenters. The fraction of sp³-hybridized carbons (Fsp3) is 0.800. The van der Waals surface area contributed by atoms with Crippen LogP contribution >= 0.6 is 0 Å². The minimum atomic E-state index is -0.567. The summed E-state index contributed by atoms with van der Waals surface area (Å²) in [7, 11) is 0. The van der Waals surface area contributed by atoms with Gasteiger partial charge >= 0.3 is 0 Å².